The molecule has 3 aromatic rings. The summed E-state index contributed by atoms with van der Waals surface area (Å²) in [4.78, 5) is 18.9. The minimum Gasteiger partial charge on any atom is -0.378 e. The van der Waals surface area contributed by atoms with Gasteiger partial charge in [-0.1, -0.05) is 12.1 Å². The molecule has 2 N–H and O–H groups in total. The van der Waals surface area contributed by atoms with E-state index >= 15 is 0 Å². The van der Waals surface area contributed by atoms with Gasteiger partial charge < -0.3 is 25.0 Å². The first-order valence-corrected chi connectivity index (χ1v) is 10.4. The minimum atomic E-state index is 0.128. The lowest BCUT2D eigenvalue weighted by Gasteiger charge is -2.39. The Morgan fingerprint density at radius 1 is 0.967 bits per heavy atom. The third-order valence-electron chi connectivity index (χ3n) is 5.99. The number of benzene rings is 1. The smallest absolute Gasteiger partial charge is 0.241 e. The third kappa shape index (κ3) is 3.33. The van der Waals surface area contributed by atoms with Crippen LogP contribution in [0, 0.1) is 0 Å². The third-order valence-corrected chi connectivity index (χ3v) is 5.99. The molecule has 2 saturated heterocycles. The molecule has 0 saturated carbocycles. The molecule has 2 aliphatic rings. The molecule has 1 aromatic carbocycles. The largest absolute Gasteiger partial charge is 0.378 e. The first-order valence-electron chi connectivity index (χ1n) is 10.4. The Hall–Kier alpha value is -2.91. The fourth-order valence-corrected chi connectivity index (χ4v) is 4.12. The Kier molecular flexibility index (Phi) is 4.92. The van der Waals surface area contributed by atoms with Gasteiger partial charge in [0.2, 0.25) is 11.9 Å². The maximum Gasteiger partial charge on any atom is 0.241 e. The molecular weight excluding hydrogens is 382 g/mol. The summed E-state index contributed by atoms with van der Waals surface area (Å²) < 4.78 is 13.2. The molecular formula is C21H27N7O2. The summed E-state index contributed by atoms with van der Waals surface area (Å²) in [5.74, 6) is 2.67. The highest BCUT2D eigenvalue weighted by Gasteiger charge is 2.28. The lowest BCUT2D eigenvalue weighted by molar-refractivity contribution is 0.0281. The van der Waals surface area contributed by atoms with Gasteiger partial charge >= 0.3 is 0 Å². The second-order valence-corrected chi connectivity index (χ2v) is 7.79. The van der Waals surface area contributed by atoms with Crippen molar-refractivity contribution in [3.63, 3.8) is 0 Å². The molecule has 9 nitrogen and oxygen atoms in total. The number of nitrogen functional groups attached to an aromatic ring is 1. The highest BCUT2D eigenvalue weighted by Crippen LogP contribution is 2.28. The van der Waals surface area contributed by atoms with Crippen LogP contribution < -0.4 is 15.5 Å². The van der Waals surface area contributed by atoms with E-state index < -0.39 is 0 Å². The van der Waals surface area contributed by atoms with Crippen molar-refractivity contribution in [2.75, 3.05) is 55.0 Å². The van der Waals surface area contributed by atoms with Gasteiger partial charge in [0.25, 0.3) is 0 Å². The molecule has 0 spiro atoms. The fourth-order valence-electron chi connectivity index (χ4n) is 4.12. The summed E-state index contributed by atoms with van der Waals surface area (Å²) in [5.41, 5.74) is 8.01. The van der Waals surface area contributed by atoms with Gasteiger partial charge in [0.1, 0.15) is 11.6 Å². The molecule has 158 valence electrons. The number of fused-ring (bicyclic) bond motifs is 1. The molecule has 30 heavy (non-hydrogen) atoms. The lowest BCUT2D eigenvalue weighted by atomic mass is 10.1. The monoisotopic (exact) mass is 409 g/mol. The molecule has 0 amide bonds. The minimum absolute atomic E-state index is 0.128. The molecule has 9 heteroatoms. The summed E-state index contributed by atoms with van der Waals surface area (Å²) in [6.07, 6.45) is 0.128. The zero-order valence-electron chi connectivity index (χ0n) is 17.4. The van der Waals surface area contributed by atoms with Crippen LogP contribution in [-0.2, 0) is 9.47 Å². The predicted molar refractivity (Wildman–Crippen MR) is 116 cm³/mol. The first kappa shape index (κ1) is 19.1. The van der Waals surface area contributed by atoms with Crippen molar-refractivity contribution in [2.45, 2.75) is 26.0 Å². The fraction of sp³-hybridized carbons (Fsp3) is 0.476. The van der Waals surface area contributed by atoms with Crippen LogP contribution in [0.1, 0.15) is 13.8 Å². The summed E-state index contributed by atoms with van der Waals surface area (Å²) in [6, 6.07) is 10.1. The van der Waals surface area contributed by atoms with Gasteiger partial charge in [-0.15, -0.1) is 0 Å². The molecule has 0 unspecified atom stereocenters. The molecule has 0 bridgehead atoms. The number of hydrogen-bond acceptors (Lipinski definition) is 8. The molecule has 0 radical (unpaired) electrons. The van der Waals surface area contributed by atoms with Gasteiger partial charge in [0.05, 0.1) is 43.0 Å². The van der Waals surface area contributed by atoms with E-state index in [0.29, 0.717) is 31.7 Å². The van der Waals surface area contributed by atoms with Crippen molar-refractivity contribution >= 4 is 28.6 Å². The maximum absolute atomic E-state index is 6.30. The van der Waals surface area contributed by atoms with E-state index in [4.69, 9.17) is 25.2 Å². The first-order chi connectivity index (χ1) is 14.6. The molecule has 2 aromatic heterocycles. The molecule has 0 aliphatic carbocycles. The number of hydrogen-bond donors (Lipinski definition) is 1. The van der Waals surface area contributed by atoms with Crippen molar-refractivity contribution in [1.82, 2.24) is 19.5 Å². The summed E-state index contributed by atoms with van der Waals surface area (Å²) in [7, 11) is 0. The number of aromatic nitrogens is 4. The summed E-state index contributed by atoms with van der Waals surface area (Å²) in [6.45, 7) is 8.70. The molecule has 4 heterocycles. The Morgan fingerprint density at radius 3 is 2.57 bits per heavy atom. The van der Waals surface area contributed by atoms with Crippen LogP contribution in [0.4, 0.5) is 17.6 Å². The van der Waals surface area contributed by atoms with Gasteiger partial charge in [0.15, 0.2) is 0 Å². The summed E-state index contributed by atoms with van der Waals surface area (Å²) in [5, 5.41) is 0. The van der Waals surface area contributed by atoms with E-state index in [0.717, 1.165) is 42.3 Å². The van der Waals surface area contributed by atoms with E-state index in [9.17, 15) is 0 Å². The molecule has 2 fully saturated rings. The van der Waals surface area contributed by atoms with Crippen LogP contribution in [0.15, 0.2) is 30.3 Å². The zero-order chi connectivity index (χ0) is 20.7. The van der Waals surface area contributed by atoms with E-state index in [1.807, 2.05) is 28.8 Å². The van der Waals surface area contributed by atoms with Crippen molar-refractivity contribution < 1.29 is 9.47 Å². The standard InChI is InChI=1S/C21H27N7O2/c1-14-15(2)30-12-9-27(14)19-13-18(26-7-10-29-11-8-26)24-21(25-19)28-17-6-4-3-5-16(17)23-20(28)22/h3-6,13-15H,7-12H2,1-2H3,(H2,22,23)/t14-,15+/m0/s1. The van der Waals surface area contributed by atoms with Crippen molar-refractivity contribution in [3.8, 4) is 5.95 Å². The SMILES string of the molecule is C[C@H]1OCCN(c2cc(N3CCOCC3)nc(-n3c(N)nc4ccccc43)n2)[C@H]1C. The van der Waals surface area contributed by atoms with E-state index in [1.54, 1.807) is 0 Å². The van der Waals surface area contributed by atoms with Gasteiger partial charge in [-0.25, -0.2) is 9.55 Å². The highest BCUT2D eigenvalue weighted by molar-refractivity contribution is 5.80. The number of nitrogens with zero attached hydrogens (tertiary/aromatic N) is 6. The number of imidazole rings is 1. The van der Waals surface area contributed by atoms with Gasteiger partial charge in [0, 0.05) is 25.7 Å². The van der Waals surface area contributed by atoms with Crippen molar-refractivity contribution in [3.05, 3.63) is 30.3 Å². The predicted octanol–water partition coefficient (Wildman–Crippen LogP) is 1.85. The number of para-hydroxylation sites is 2. The van der Waals surface area contributed by atoms with E-state index in [-0.39, 0.29) is 12.1 Å². The quantitative estimate of drug-likeness (QED) is 0.700. The second kappa shape index (κ2) is 7.73. The van der Waals surface area contributed by atoms with Crippen LogP contribution in [0.2, 0.25) is 0 Å². The van der Waals surface area contributed by atoms with Crippen molar-refractivity contribution in [1.29, 1.82) is 0 Å². The van der Waals surface area contributed by atoms with E-state index in [2.05, 4.69) is 34.7 Å². The topological polar surface area (TPSA) is 94.6 Å². The van der Waals surface area contributed by atoms with Crippen LogP contribution in [0.3, 0.4) is 0 Å². The zero-order valence-corrected chi connectivity index (χ0v) is 17.4. The highest BCUT2D eigenvalue weighted by atomic mass is 16.5. The molecule has 5 rings (SSSR count). The van der Waals surface area contributed by atoms with Gasteiger partial charge in [-0.05, 0) is 26.0 Å². The molecule has 2 atom stereocenters. The van der Waals surface area contributed by atoms with E-state index in [1.165, 1.54) is 0 Å². The number of morpholine rings is 2. The Labute approximate surface area is 175 Å². The van der Waals surface area contributed by atoms with Gasteiger partial charge in [-0.3, -0.25) is 0 Å². The molecule has 2 aliphatic heterocycles. The number of ether oxygens (including phenoxy) is 2. The average Bonchev–Trinajstić information content (AvgIpc) is 3.11. The van der Waals surface area contributed by atoms with Gasteiger partial charge in [-0.2, -0.15) is 9.97 Å². The number of nitrogens with two attached hydrogens (primary N) is 1. The average molecular weight is 409 g/mol. The number of rotatable bonds is 3. The van der Waals surface area contributed by atoms with Crippen LogP contribution in [-0.4, -0.2) is 71.1 Å². The van der Waals surface area contributed by atoms with Crippen LogP contribution in [0.5, 0.6) is 0 Å². The Bertz CT molecular complexity index is 1050. The lowest BCUT2D eigenvalue weighted by Crippen LogP contribution is -2.49. The normalized spacial score (nSPS) is 22.6. The Balaban J connectivity index is 1.65. The maximum atomic E-state index is 6.30. The number of anilines is 3. The van der Waals surface area contributed by atoms with Crippen LogP contribution >= 0.6 is 0 Å². The van der Waals surface area contributed by atoms with Crippen LogP contribution in [0.25, 0.3) is 17.0 Å². The van der Waals surface area contributed by atoms with Crippen molar-refractivity contribution in [2.24, 2.45) is 0 Å². The summed E-state index contributed by atoms with van der Waals surface area (Å²) >= 11 is 0. The Morgan fingerprint density at radius 2 is 1.73 bits per heavy atom. The second-order valence-electron chi connectivity index (χ2n) is 7.79.